The van der Waals surface area contributed by atoms with Gasteiger partial charge in [0.2, 0.25) is 0 Å². The summed E-state index contributed by atoms with van der Waals surface area (Å²) in [7, 11) is 0. The summed E-state index contributed by atoms with van der Waals surface area (Å²) < 4.78 is 26.9. The minimum absolute atomic E-state index is 0.0512. The fraction of sp³-hybridized carbons (Fsp3) is 0.531. The van der Waals surface area contributed by atoms with Gasteiger partial charge in [0.25, 0.3) is 11.8 Å². The van der Waals surface area contributed by atoms with E-state index in [4.69, 9.17) is 21.1 Å². The number of hydrogen-bond acceptors (Lipinski definition) is 9. The second kappa shape index (κ2) is 12.8. The van der Waals surface area contributed by atoms with E-state index in [1.165, 1.54) is 30.1 Å². The average molecular weight is 624 g/mol. The number of carbonyl (C=O) groups excluding carboxylic acids is 1. The van der Waals surface area contributed by atoms with Gasteiger partial charge < -0.3 is 19.3 Å². The number of fused-ring (bicyclic) bond motifs is 1. The molecule has 10 nitrogen and oxygen atoms in total. The Bertz CT molecular complexity index is 1490. The Labute approximate surface area is 262 Å². The van der Waals surface area contributed by atoms with Crippen LogP contribution in [0.1, 0.15) is 61.6 Å². The van der Waals surface area contributed by atoms with Crippen LogP contribution >= 0.6 is 11.6 Å². The molecule has 44 heavy (non-hydrogen) atoms. The number of benzene rings is 1. The first-order valence-electron chi connectivity index (χ1n) is 15.4. The molecule has 4 heterocycles. The minimum Gasteiger partial charge on any atom is -0.490 e. The van der Waals surface area contributed by atoms with Gasteiger partial charge in [-0.1, -0.05) is 0 Å². The third-order valence-corrected chi connectivity index (χ3v) is 9.17. The SMILES string of the molecule is CCN(C(=O)c1cc(F)ccc1Oc1nncnc1N1CC2(CC(Oc3ccnc4c3CN(CCCCl)CC4)C2)C1)C(C)C. The molecule has 234 valence electrons. The highest BCUT2D eigenvalue weighted by Gasteiger charge is 2.54. The van der Waals surface area contributed by atoms with Crippen molar-refractivity contribution < 1.29 is 18.7 Å². The van der Waals surface area contributed by atoms with E-state index in [0.717, 1.165) is 69.9 Å². The molecule has 0 bridgehead atoms. The van der Waals surface area contributed by atoms with Crippen LogP contribution in [0.4, 0.5) is 10.2 Å². The van der Waals surface area contributed by atoms with Crippen molar-refractivity contribution in [2.24, 2.45) is 5.41 Å². The third-order valence-electron chi connectivity index (χ3n) is 8.90. The first-order valence-corrected chi connectivity index (χ1v) is 16.0. The molecule has 0 unspecified atom stereocenters. The Hall–Kier alpha value is -3.57. The number of hydrogen-bond donors (Lipinski definition) is 0. The van der Waals surface area contributed by atoms with Gasteiger partial charge in [0.15, 0.2) is 5.82 Å². The van der Waals surface area contributed by atoms with Crippen LogP contribution in [-0.4, -0.2) is 86.6 Å². The normalized spacial score (nSPS) is 17.6. The van der Waals surface area contributed by atoms with Crippen LogP contribution < -0.4 is 14.4 Å². The predicted molar refractivity (Wildman–Crippen MR) is 165 cm³/mol. The number of nitrogens with zero attached hydrogens (tertiary/aromatic N) is 7. The molecule has 0 radical (unpaired) electrons. The smallest absolute Gasteiger partial charge is 0.282 e. The number of pyridine rings is 1. The maximum Gasteiger partial charge on any atom is 0.282 e. The zero-order valence-electron chi connectivity index (χ0n) is 25.5. The molecule has 1 saturated heterocycles. The molecule has 3 aromatic rings. The molecule has 1 spiro atoms. The number of ether oxygens (including phenoxy) is 2. The van der Waals surface area contributed by atoms with Crippen molar-refractivity contribution in [3.05, 3.63) is 59.4 Å². The van der Waals surface area contributed by atoms with Gasteiger partial charge in [-0.2, -0.15) is 0 Å². The van der Waals surface area contributed by atoms with Crippen molar-refractivity contribution in [1.29, 1.82) is 0 Å². The van der Waals surface area contributed by atoms with Crippen molar-refractivity contribution in [3.8, 4) is 17.4 Å². The minimum atomic E-state index is -0.514. The van der Waals surface area contributed by atoms with E-state index in [0.29, 0.717) is 18.2 Å². The van der Waals surface area contributed by atoms with Crippen molar-refractivity contribution >= 4 is 23.3 Å². The predicted octanol–water partition coefficient (Wildman–Crippen LogP) is 5.10. The number of rotatable bonds is 11. The largest absolute Gasteiger partial charge is 0.490 e. The molecule has 2 fully saturated rings. The summed E-state index contributed by atoms with van der Waals surface area (Å²) in [5, 5.41) is 8.11. The van der Waals surface area contributed by atoms with Gasteiger partial charge in [0.1, 0.15) is 29.7 Å². The summed E-state index contributed by atoms with van der Waals surface area (Å²) in [5.74, 6) is 1.74. The molecule has 12 heteroatoms. The maximum atomic E-state index is 14.2. The Kier molecular flexibility index (Phi) is 8.87. The summed E-state index contributed by atoms with van der Waals surface area (Å²) >= 11 is 5.92. The monoisotopic (exact) mass is 623 g/mol. The molecule has 0 N–H and O–H groups in total. The first-order chi connectivity index (χ1) is 21.3. The third kappa shape index (κ3) is 6.17. The van der Waals surface area contributed by atoms with Crippen molar-refractivity contribution in [2.45, 2.75) is 65.1 Å². The van der Waals surface area contributed by atoms with Gasteiger partial charge >= 0.3 is 0 Å². The lowest BCUT2D eigenvalue weighted by molar-refractivity contribution is -0.0353. The van der Waals surface area contributed by atoms with Crippen LogP contribution in [0.5, 0.6) is 17.4 Å². The number of carbonyl (C=O) groups is 1. The molecule has 1 saturated carbocycles. The van der Waals surface area contributed by atoms with Gasteiger partial charge in [0, 0.05) is 73.9 Å². The molecule has 1 amide bonds. The fourth-order valence-electron chi connectivity index (χ4n) is 6.69. The Morgan fingerprint density at radius 1 is 1.20 bits per heavy atom. The van der Waals surface area contributed by atoms with Gasteiger partial charge in [-0.05, 0) is 70.8 Å². The van der Waals surface area contributed by atoms with E-state index in [2.05, 4.69) is 30.0 Å². The summed E-state index contributed by atoms with van der Waals surface area (Å²) in [4.78, 5) is 28.6. The molecule has 3 aliphatic rings. The summed E-state index contributed by atoms with van der Waals surface area (Å²) in [6.07, 6.45) is 7.19. The van der Waals surface area contributed by atoms with E-state index in [-0.39, 0.29) is 40.7 Å². The lowest BCUT2D eigenvalue weighted by Crippen LogP contribution is -2.65. The zero-order chi connectivity index (χ0) is 30.8. The second-order valence-electron chi connectivity index (χ2n) is 12.3. The number of amides is 1. The molecule has 0 atom stereocenters. The number of alkyl halides is 1. The molecule has 6 rings (SSSR count). The Morgan fingerprint density at radius 2 is 2.02 bits per heavy atom. The molecular weight excluding hydrogens is 585 g/mol. The van der Waals surface area contributed by atoms with Crippen LogP contribution in [0, 0.1) is 11.2 Å². The van der Waals surface area contributed by atoms with Gasteiger partial charge in [0.05, 0.1) is 5.56 Å². The molecule has 2 aromatic heterocycles. The van der Waals surface area contributed by atoms with Crippen LogP contribution in [0.25, 0.3) is 0 Å². The lowest BCUT2D eigenvalue weighted by Gasteiger charge is -2.58. The highest BCUT2D eigenvalue weighted by Crippen LogP contribution is 2.52. The van der Waals surface area contributed by atoms with Crippen LogP contribution in [0.2, 0.25) is 0 Å². The Balaban J connectivity index is 1.10. The molecule has 1 aromatic carbocycles. The standard InChI is InChI=1S/C32H39ClFN7O3/c1-4-41(21(2)3)31(42)24-14-22(34)6-7-27(24)44-30-29(36-20-37-38-30)40-18-32(19-40)15-23(16-32)43-28-8-11-35-26-9-13-39(12-5-10-33)17-25(26)28/h6-8,11,14,20-21,23H,4-5,9-10,12-13,15-19H2,1-3H3. The highest BCUT2D eigenvalue weighted by molar-refractivity contribution is 6.17. The molecular formula is C32H39ClFN7O3. The summed E-state index contributed by atoms with van der Waals surface area (Å²) in [6, 6.07) is 5.87. The van der Waals surface area contributed by atoms with E-state index in [1.54, 1.807) is 4.90 Å². The zero-order valence-corrected chi connectivity index (χ0v) is 26.3. The molecule has 1 aliphatic carbocycles. The van der Waals surface area contributed by atoms with Crippen molar-refractivity contribution in [2.75, 3.05) is 43.5 Å². The fourth-order valence-corrected chi connectivity index (χ4v) is 6.81. The number of anilines is 1. The van der Waals surface area contributed by atoms with E-state index in [1.807, 2.05) is 33.0 Å². The van der Waals surface area contributed by atoms with Crippen LogP contribution in [0.15, 0.2) is 36.8 Å². The quantitative estimate of drug-likeness (QED) is 0.270. The Morgan fingerprint density at radius 3 is 2.77 bits per heavy atom. The number of aromatic nitrogens is 4. The second-order valence-corrected chi connectivity index (χ2v) is 12.7. The van der Waals surface area contributed by atoms with Gasteiger partial charge in [-0.25, -0.2) is 9.37 Å². The van der Waals surface area contributed by atoms with Gasteiger partial charge in [-0.15, -0.1) is 21.8 Å². The van der Waals surface area contributed by atoms with E-state index in [9.17, 15) is 9.18 Å². The first kappa shape index (κ1) is 30.5. The molecule has 2 aliphatic heterocycles. The lowest BCUT2D eigenvalue weighted by atomic mass is 9.61. The summed E-state index contributed by atoms with van der Waals surface area (Å²) in [5.41, 5.74) is 2.61. The van der Waals surface area contributed by atoms with Crippen molar-refractivity contribution in [3.63, 3.8) is 0 Å². The highest BCUT2D eigenvalue weighted by atomic mass is 35.5. The summed E-state index contributed by atoms with van der Waals surface area (Å²) in [6.45, 7) is 10.6. The van der Waals surface area contributed by atoms with E-state index >= 15 is 0 Å². The van der Waals surface area contributed by atoms with Crippen molar-refractivity contribution in [1.82, 2.24) is 30.0 Å². The number of halogens is 2. The van der Waals surface area contributed by atoms with Gasteiger partial charge in [-0.3, -0.25) is 14.7 Å². The maximum absolute atomic E-state index is 14.2. The topological polar surface area (TPSA) is 96.8 Å². The average Bonchev–Trinajstić information content (AvgIpc) is 2.98. The van der Waals surface area contributed by atoms with Crippen LogP contribution in [-0.2, 0) is 13.0 Å². The van der Waals surface area contributed by atoms with Crippen LogP contribution in [0.3, 0.4) is 0 Å². The van der Waals surface area contributed by atoms with E-state index < -0.39 is 5.82 Å².